The van der Waals surface area contributed by atoms with Crippen LogP contribution in [-0.4, -0.2) is 53.7 Å². The largest absolute Gasteiger partial charge is 0.336 e. The lowest BCUT2D eigenvalue weighted by Gasteiger charge is -2.24. The summed E-state index contributed by atoms with van der Waals surface area (Å²) < 4.78 is 14.9. The molecule has 168 valence electrons. The van der Waals surface area contributed by atoms with Gasteiger partial charge in [0.05, 0.1) is 48.3 Å². The van der Waals surface area contributed by atoms with Gasteiger partial charge in [-0.2, -0.15) is 20.1 Å². The Hall–Kier alpha value is -3.88. The van der Waals surface area contributed by atoms with Gasteiger partial charge in [0.2, 0.25) is 0 Å². The average molecular weight is 446 g/mol. The van der Waals surface area contributed by atoms with Gasteiger partial charge >= 0.3 is 0 Å². The molecule has 4 aromatic rings. The van der Waals surface area contributed by atoms with Crippen molar-refractivity contribution in [3.8, 4) is 16.9 Å². The van der Waals surface area contributed by atoms with Gasteiger partial charge in [0.1, 0.15) is 5.82 Å². The maximum absolute atomic E-state index is 13.6. The fourth-order valence-corrected chi connectivity index (χ4v) is 3.78. The van der Waals surface area contributed by atoms with Gasteiger partial charge in [0.25, 0.3) is 5.91 Å². The first-order valence-electron chi connectivity index (χ1n) is 11.0. The van der Waals surface area contributed by atoms with Gasteiger partial charge in [0, 0.05) is 24.8 Å². The summed E-state index contributed by atoms with van der Waals surface area (Å²) >= 11 is 0. The summed E-state index contributed by atoms with van der Waals surface area (Å²) in [5.74, 6) is 0.133. The number of carbonyl (C=O) groups excluding carboxylic acids is 1. The molecule has 0 aliphatic heterocycles. The van der Waals surface area contributed by atoms with E-state index in [-0.39, 0.29) is 11.7 Å². The van der Waals surface area contributed by atoms with Crippen LogP contribution >= 0.6 is 0 Å². The molecule has 0 atom stereocenters. The van der Waals surface area contributed by atoms with Crippen LogP contribution < -0.4 is 0 Å². The van der Waals surface area contributed by atoms with Gasteiger partial charge in [-0.05, 0) is 49.9 Å². The number of hydrogen-bond acceptors (Lipinski definition) is 5. The first-order chi connectivity index (χ1) is 16.1. The molecule has 1 aliphatic rings. The van der Waals surface area contributed by atoms with Crippen LogP contribution in [0.5, 0.6) is 0 Å². The van der Waals surface area contributed by atoms with Crippen LogP contribution in [0, 0.1) is 18.7 Å². The molecule has 0 N–H and O–H groups in total. The molecule has 1 fully saturated rings. The molecule has 33 heavy (non-hydrogen) atoms. The van der Waals surface area contributed by atoms with Crippen molar-refractivity contribution in [1.82, 2.24) is 34.7 Å². The molecule has 3 heterocycles. The molecule has 1 amide bonds. The number of carbonyl (C=O) groups is 1. The first kappa shape index (κ1) is 21.0. The molecule has 1 aromatic carbocycles. The molecule has 1 saturated carbocycles. The smallest absolute Gasteiger partial charge is 0.256 e. The highest BCUT2D eigenvalue weighted by Gasteiger charge is 2.28. The molecule has 5 rings (SSSR count). The fraction of sp³-hybridized carbons (Fsp3) is 0.292. The Morgan fingerprint density at radius 1 is 1.12 bits per heavy atom. The fourth-order valence-electron chi connectivity index (χ4n) is 3.78. The summed E-state index contributed by atoms with van der Waals surface area (Å²) in [6, 6.07) is 8.74. The van der Waals surface area contributed by atoms with Crippen LogP contribution in [0.15, 0.2) is 61.3 Å². The van der Waals surface area contributed by atoms with E-state index in [1.807, 2.05) is 36.2 Å². The minimum Gasteiger partial charge on any atom is -0.336 e. The second-order valence-corrected chi connectivity index (χ2v) is 8.39. The van der Waals surface area contributed by atoms with Crippen LogP contribution in [0.4, 0.5) is 4.39 Å². The number of hydrogen-bond donors (Lipinski definition) is 0. The van der Waals surface area contributed by atoms with Gasteiger partial charge in [-0.1, -0.05) is 11.6 Å². The predicted molar refractivity (Wildman–Crippen MR) is 120 cm³/mol. The molecular formula is C24H24FN7O. The van der Waals surface area contributed by atoms with Gasteiger partial charge in [0.15, 0.2) is 0 Å². The van der Waals surface area contributed by atoms with E-state index in [0.717, 1.165) is 24.0 Å². The number of halogens is 1. The van der Waals surface area contributed by atoms with Gasteiger partial charge in [-0.3, -0.25) is 14.5 Å². The van der Waals surface area contributed by atoms with Crippen molar-refractivity contribution in [1.29, 1.82) is 0 Å². The Balaban J connectivity index is 1.35. The quantitative estimate of drug-likeness (QED) is 0.414. The van der Waals surface area contributed by atoms with Crippen LogP contribution in [0.2, 0.25) is 0 Å². The number of nitrogens with zero attached hydrogens (tertiary/aromatic N) is 7. The van der Waals surface area contributed by atoms with E-state index >= 15 is 0 Å². The Kier molecular flexibility index (Phi) is 5.68. The highest BCUT2D eigenvalue weighted by molar-refractivity contribution is 5.98. The van der Waals surface area contributed by atoms with Crippen molar-refractivity contribution in [3.05, 3.63) is 78.3 Å². The Morgan fingerprint density at radius 2 is 1.94 bits per heavy atom. The van der Waals surface area contributed by atoms with E-state index in [4.69, 9.17) is 0 Å². The SMILES string of the molecule is Cc1ccc(-n2nccn2)c(C(=O)N(CCn2cc(-c3ccc(F)cn3)cn2)CC2CC2)c1. The second kappa shape index (κ2) is 8.93. The van der Waals surface area contributed by atoms with Crippen molar-refractivity contribution >= 4 is 5.91 Å². The molecule has 0 radical (unpaired) electrons. The summed E-state index contributed by atoms with van der Waals surface area (Å²) in [5.41, 5.74) is 3.72. The van der Waals surface area contributed by atoms with Crippen LogP contribution in [-0.2, 0) is 6.54 Å². The molecule has 1 aliphatic carbocycles. The molecule has 9 heteroatoms. The monoisotopic (exact) mass is 445 g/mol. The zero-order valence-corrected chi connectivity index (χ0v) is 18.3. The first-order valence-corrected chi connectivity index (χ1v) is 11.0. The number of pyridine rings is 1. The summed E-state index contributed by atoms with van der Waals surface area (Å²) in [5, 5.41) is 12.8. The minimum atomic E-state index is -0.374. The van der Waals surface area contributed by atoms with Crippen LogP contribution in [0.25, 0.3) is 16.9 Å². The maximum atomic E-state index is 13.6. The normalized spacial score (nSPS) is 13.3. The lowest BCUT2D eigenvalue weighted by Crippen LogP contribution is -2.36. The standard InChI is InChI=1S/C24H24FN7O/c1-17-2-7-23(32-27-8-9-28-32)21(12-17)24(33)30(15-18-3-4-18)10-11-31-16-19(13-29-31)22-6-5-20(25)14-26-22/h2,5-9,12-14,16,18H,3-4,10-11,15H2,1H3. The van der Waals surface area contributed by atoms with E-state index in [9.17, 15) is 9.18 Å². The summed E-state index contributed by atoms with van der Waals surface area (Å²) in [6.07, 6.45) is 10.3. The van der Waals surface area contributed by atoms with E-state index in [0.29, 0.717) is 42.5 Å². The van der Waals surface area contributed by atoms with Gasteiger partial charge in [-0.15, -0.1) is 0 Å². The van der Waals surface area contributed by atoms with Crippen molar-refractivity contribution in [2.24, 2.45) is 5.92 Å². The molecule has 0 saturated heterocycles. The minimum absolute atomic E-state index is 0.0366. The topological polar surface area (TPSA) is 81.7 Å². The number of aryl methyl sites for hydroxylation is 1. The average Bonchev–Trinajstić information content (AvgIpc) is 3.26. The van der Waals surface area contributed by atoms with Crippen molar-refractivity contribution in [2.45, 2.75) is 26.3 Å². The van der Waals surface area contributed by atoms with Crippen LogP contribution in [0.3, 0.4) is 0 Å². The molecule has 0 unspecified atom stereocenters. The van der Waals surface area contributed by atoms with Crippen molar-refractivity contribution in [2.75, 3.05) is 13.1 Å². The molecule has 0 spiro atoms. The summed E-state index contributed by atoms with van der Waals surface area (Å²) in [6.45, 7) is 3.75. The third kappa shape index (κ3) is 4.82. The van der Waals surface area contributed by atoms with E-state index < -0.39 is 0 Å². The highest BCUT2D eigenvalue weighted by atomic mass is 19.1. The Morgan fingerprint density at radius 3 is 2.67 bits per heavy atom. The van der Waals surface area contributed by atoms with Crippen LogP contribution in [0.1, 0.15) is 28.8 Å². The number of amides is 1. The lowest BCUT2D eigenvalue weighted by molar-refractivity contribution is 0.0739. The number of benzene rings is 1. The Labute approximate surface area is 190 Å². The zero-order valence-electron chi connectivity index (χ0n) is 18.3. The van der Waals surface area contributed by atoms with Crippen molar-refractivity contribution < 1.29 is 9.18 Å². The molecule has 8 nitrogen and oxygen atoms in total. The number of aromatic nitrogens is 6. The molecule has 3 aromatic heterocycles. The predicted octanol–water partition coefficient (Wildman–Crippen LogP) is 3.53. The lowest BCUT2D eigenvalue weighted by atomic mass is 10.1. The Bertz CT molecular complexity index is 1250. The molecular weight excluding hydrogens is 421 g/mol. The van der Waals surface area contributed by atoms with E-state index in [2.05, 4.69) is 20.3 Å². The third-order valence-corrected chi connectivity index (χ3v) is 5.73. The van der Waals surface area contributed by atoms with E-state index in [1.54, 1.807) is 29.3 Å². The summed E-state index contributed by atoms with van der Waals surface area (Å²) in [7, 11) is 0. The highest BCUT2D eigenvalue weighted by Crippen LogP contribution is 2.30. The third-order valence-electron chi connectivity index (χ3n) is 5.73. The van der Waals surface area contributed by atoms with Gasteiger partial charge in [-0.25, -0.2) is 4.39 Å². The maximum Gasteiger partial charge on any atom is 0.256 e. The zero-order chi connectivity index (χ0) is 22.8. The molecule has 0 bridgehead atoms. The summed E-state index contributed by atoms with van der Waals surface area (Å²) in [4.78, 5) is 21.1. The van der Waals surface area contributed by atoms with Crippen molar-refractivity contribution in [3.63, 3.8) is 0 Å². The van der Waals surface area contributed by atoms with E-state index in [1.165, 1.54) is 17.1 Å². The van der Waals surface area contributed by atoms with Gasteiger partial charge < -0.3 is 4.90 Å². The number of rotatable bonds is 8. The second-order valence-electron chi connectivity index (χ2n) is 8.39.